The third-order valence-electron chi connectivity index (χ3n) is 3.98. The molecule has 0 heterocycles. The fourth-order valence-corrected chi connectivity index (χ4v) is 2.57. The molecule has 0 unspecified atom stereocenters. The van der Waals surface area contributed by atoms with Crippen LogP contribution in [0.3, 0.4) is 0 Å². The van der Waals surface area contributed by atoms with Crippen LogP contribution in [-0.2, 0) is 22.3 Å². The Kier molecular flexibility index (Phi) is 17.2. The molecule has 2 rings (SSSR count). The van der Waals surface area contributed by atoms with Gasteiger partial charge in [0, 0.05) is 11.1 Å². The normalized spacial score (nSPS) is 9.87. The monoisotopic (exact) mass is 458 g/mol. The maximum atomic E-state index is 10.7. The molecule has 0 saturated carbocycles. The number of aliphatic hydroxyl groups excluding tert-OH is 2. The maximum absolute atomic E-state index is 10.7. The first-order valence-corrected chi connectivity index (χ1v) is 9.47. The van der Waals surface area contributed by atoms with E-state index in [1.54, 1.807) is 36.4 Å². The topological polar surface area (TPSA) is 139 Å². The summed E-state index contributed by atoms with van der Waals surface area (Å²) in [6.45, 7) is 1.28. The molecule has 2 aromatic rings. The van der Waals surface area contributed by atoms with Gasteiger partial charge in [-0.25, -0.2) is 0 Å². The molecule has 0 aliphatic rings. The Bertz CT molecular complexity index is 716. The number of carbonyl (C=O) groups excluding carboxylic acids is 2. The minimum Gasteiger partial charge on any atom is -0.545 e. The van der Waals surface area contributed by atoms with Gasteiger partial charge >= 0.3 is 37.7 Å². The zero-order chi connectivity index (χ0) is 22.2. The van der Waals surface area contributed by atoms with Crippen LogP contribution >= 0.6 is 0 Å². The average molecular weight is 459 g/mol. The summed E-state index contributed by atoms with van der Waals surface area (Å²) < 4.78 is 10.1. The molecule has 0 saturated heterocycles. The van der Waals surface area contributed by atoms with E-state index in [1.807, 2.05) is 0 Å². The van der Waals surface area contributed by atoms with Crippen LogP contribution in [0, 0.1) is 0 Å². The average Bonchev–Trinajstić information content (AvgIpc) is 2.75. The first-order chi connectivity index (χ1) is 14.5. The van der Waals surface area contributed by atoms with Gasteiger partial charge in [-0.15, -0.1) is 0 Å². The molecule has 31 heavy (non-hydrogen) atoms. The van der Waals surface area contributed by atoms with Crippen molar-refractivity contribution in [2.75, 3.05) is 39.6 Å². The van der Waals surface area contributed by atoms with Crippen molar-refractivity contribution in [1.82, 2.24) is 0 Å². The van der Waals surface area contributed by atoms with E-state index in [1.165, 1.54) is 12.1 Å². The second kappa shape index (κ2) is 18.1. The summed E-state index contributed by atoms with van der Waals surface area (Å²) in [5.74, 6) is -2.35. The molecular weight excluding hydrogens is 432 g/mol. The van der Waals surface area contributed by atoms with Crippen LogP contribution in [0.15, 0.2) is 48.5 Å². The molecule has 2 aromatic carbocycles. The zero-order valence-corrected chi connectivity index (χ0v) is 19.5. The van der Waals surface area contributed by atoms with E-state index in [4.69, 9.17) is 19.7 Å². The summed E-state index contributed by atoms with van der Waals surface area (Å²) in [6.07, 6.45) is 1.01. The number of hydrogen-bond acceptors (Lipinski definition) is 8. The minimum absolute atomic E-state index is 0. The van der Waals surface area contributed by atoms with E-state index in [0.29, 0.717) is 37.2 Å². The van der Waals surface area contributed by atoms with E-state index >= 15 is 0 Å². The zero-order valence-electron chi connectivity index (χ0n) is 17.3. The van der Waals surface area contributed by atoms with Gasteiger partial charge in [0.15, 0.2) is 0 Å². The van der Waals surface area contributed by atoms with Crippen molar-refractivity contribution in [2.24, 2.45) is 0 Å². The summed E-state index contributed by atoms with van der Waals surface area (Å²) >= 11 is 0. The summed E-state index contributed by atoms with van der Waals surface area (Å²) in [6, 6.07) is 13.3. The first-order valence-electron chi connectivity index (χ1n) is 9.47. The van der Waals surface area contributed by atoms with Crippen LogP contribution in [0.25, 0.3) is 0 Å². The predicted molar refractivity (Wildman–Crippen MR) is 111 cm³/mol. The Balaban J connectivity index is 0.000000562. The van der Waals surface area contributed by atoms with Crippen molar-refractivity contribution >= 4 is 49.7 Å². The van der Waals surface area contributed by atoms with E-state index < -0.39 is 11.9 Å². The second-order valence-electron chi connectivity index (χ2n) is 6.06. The molecule has 8 nitrogen and oxygen atoms in total. The minimum atomic E-state index is -1.17. The largest absolute Gasteiger partial charge is 2.00 e. The Hall–Kier alpha value is -1.52. The molecular formula is C22H26CaO8. The van der Waals surface area contributed by atoms with Gasteiger partial charge in [-0.1, -0.05) is 48.5 Å². The quantitative estimate of drug-likeness (QED) is 0.299. The fourth-order valence-electron chi connectivity index (χ4n) is 2.57. The number of benzene rings is 2. The van der Waals surface area contributed by atoms with Crippen LogP contribution < -0.4 is 10.2 Å². The van der Waals surface area contributed by atoms with Crippen molar-refractivity contribution in [1.29, 1.82) is 0 Å². The third-order valence-corrected chi connectivity index (χ3v) is 3.98. The van der Waals surface area contributed by atoms with Crippen LogP contribution in [0.2, 0.25) is 0 Å². The van der Waals surface area contributed by atoms with Gasteiger partial charge in [0.1, 0.15) is 0 Å². The van der Waals surface area contributed by atoms with Gasteiger partial charge in [0.25, 0.3) is 0 Å². The molecule has 2 N–H and O–H groups in total. The van der Waals surface area contributed by atoms with Crippen LogP contribution in [-0.4, -0.2) is 99.5 Å². The molecule has 0 radical (unpaired) electrons. The molecule has 0 fully saturated rings. The summed E-state index contributed by atoms with van der Waals surface area (Å²) in [5, 5.41) is 38.4. The number of rotatable bonds is 12. The van der Waals surface area contributed by atoms with Gasteiger partial charge in [-0.05, 0) is 24.0 Å². The van der Waals surface area contributed by atoms with E-state index in [2.05, 4.69) is 0 Å². The molecule has 0 spiro atoms. The Labute approximate surface area is 211 Å². The molecule has 9 heteroatoms. The smallest absolute Gasteiger partial charge is 0.545 e. The predicted octanol–water partition coefficient (Wildman–Crippen LogP) is -1.18. The molecule has 164 valence electrons. The Morgan fingerprint density at radius 3 is 1.35 bits per heavy atom. The molecule has 0 aliphatic heterocycles. The van der Waals surface area contributed by atoms with Gasteiger partial charge in [-0.3, -0.25) is 0 Å². The molecule has 0 amide bonds. The Morgan fingerprint density at radius 2 is 1.03 bits per heavy atom. The van der Waals surface area contributed by atoms with E-state index in [9.17, 15) is 19.8 Å². The second-order valence-corrected chi connectivity index (χ2v) is 6.06. The van der Waals surface area contributed by atoms with Crippen molar-refractivity contribution in [3.05, 3.63) is 70.8 Å². The number of carboxylic acid groups (broad SMARTS) is 2. The van der Waals surface area contributed by atoms with Crippen molar-refractivity contribution in [3.8, 4) is 0 Å². The number of aliphatic hydroxyl groups is 2. The Morgan fingerprint density at radius 1 is 0.677 bits per heavy atom. The SMILES string of the molecule is O=C([O-])c1ccccc1CCOCCO.O=C([O-])c1ccccc1CCOCCO.[Ca+2]. The number of carboxylic acids is 2. The number of aromatic carboxylic acids is 2. The van der Waals surface area contributed by atoms with Crippen molar-refractivity contribution in [2.45, 2.75) is 12.8 Å². The number of carbonyl (C=O) groups is 2. The summed E-state index contributed by atoms with van der Waals surface area (Å²) in [5.41, 5.74) is 1.78. The standard InChI is InChI=1S/2C11H14O4.Ca/c2*12-6-8-15-7-5-9-3-1-2-4-10(9)11(13)14;/h2*1-4,12H,5-8H2,(H,13,14);/q;;+2/p-2. The van der Waals surface area contributed by atoms with E-state index in [-0.39, 0.29) is 75.3 Å². The molecule has 0 aliphatic carbocycles. The fraction of sp³-hybridized carbons (Fsp3) is 0.364. The first kappa shape index (κ1) is 29.5. The summed E-state index contributed by atoms with van der Waals surface area (Å²) in [7, 11) is 0. The van der Waals surface area contributed by atoms with Crippen molar-refractivity contribution < 1.29 is 39.5 Å². The molecule has 0 aromatic heterocycles. The van der Waals surface area contributed by atoms with Crippen LogP contribution in [0.5, 0.6) is 0 Å². The summed E-state index contributed by atoms with van der Waals surface area (Å²) in [4.78, 5) is 21.4. The van der Waals surface area contributed by atoms with E-state index in [0.717, 1.165) is 0 Å². The number of hydrogen-bond donors (Lipinski definition) is 2. The van der Waals surface area contributed by atoms with Gasteiger partial charge in [-0.2, -0.15) is 0 Å². The number of ether oxygens (including phenoxy) is 2. The maximum Gasteiger partial charge on any atom is 2.00 e. The van der Waals surface area contributed by atoms with Gasteiger partial charge < -0.3 is 39.5 Å². The molecule has 0 atom stereocenters. The van der Waals surface area contributed by atoms with Gasteiger partial charge in [0.05, 0.1) is 51.6 Å². The van der Waals surface area contributed by atoms with Gasteiger partial charge in [0.2, 0.25) is 0 Å². The molecule has 0 bridgehead atoms. The van der Waals surface area contributed by atoms with Crippen molar-refractivity contribution in [3.63, 3.8) is 0 Å². The van der Waals surface area contributed by atoms with Crippen LogP contribution in [0.4, 0.5) is 0 Å². The third kappa shape index (κ3) is 12.2. The van der Waals surface area contributed by atoms with Crippen LogP contribution in [0.1, 0.15) is 31.8 Å².